The molecule has 4 nitrogen and oxygen atoms in total. The minimum Gasteiger partial charge on any atom is -0.439 e. The van der Waals surface area contributed by atoms with Crippen LogP contribution in [0.1, 0.15) is 13.8 Å². The molecule has 0 spiro atoms. The van der Waals surface area contributed by atoms with Crippen LogP contribution in [0.5, 0.6) is 5.88 Å². The van der Waals surface area contributed by atoms with Crippen LogP contribution in [0.4, 0.5) is 5.95 Å². The Morgan fingerprint density at radius 3 is 2.33 bits per heavy atom. The number of anilines is 1. The summed E-state index contributed by atoms with van der Waals surface area (Å²) in [4.78, 5) is 9.12. The number of aromatic nitrogens is 2. The van der Waals surface area contributed by atoms with Crippen molar-refractivity contribution in [1.82, 2.24) is 9.97 Å². The van der Waals surface area contributed by atoms with Gasteiger partial charge in [0, 0.05) is 17.4 Å². The van der Waals surface area contributed by atoms with E-state index in [-0.39, 0.29) is 0 Å². The van der Waals surface area contributed by atoms with Crippen LogP contribution >= 0.6 is 0 Å². The van der Waals surface area contributed by atoms with Gasteiger partial charge in [0.05, 0.1) is 0 Å². The number of hydrogen-bond donors (Lipinski definition) is 1. The van der Waals surface area contributed by atoms with E-state index in [1.807, 2.05) is 50.3 Å². The SMILES string of the molecule is C=C/C=C\C=C(/C=C)Nc1ncc(BC(/C=C\C)=C/C=C\C)c(OC(/C=C\C=C)=C/C=C)n1. The zero-order chi connectivity index (χ0) is 24.3. The second-order valence-corrected chi connectivity index (χ2v) is 6.54. The molecule has 0 aliphatic rings. The third-order valence-electron chi connectivity index (χ3n) is 4.00. The zero-order valence-corrected chi connectivity index (χ0v) is 19.6. The van der Waals surface area contributed by atoms with E-state index in [1.54, 1.807) is 48.7 Å². The van der Waals surface area contributed by atoms with Gasteiger partial charge in [0.1, 0.15) is 5.76 Å². The molecule has 0 aromatic carbocycles. The second-order valence-electron chi connectivity index (χ2n) is 6.54. The smallest absolute Gasteiger partial charge is 0.230 e. The molecule has 1 heterocycles. The standard InChI is InChI=1S/C28H32BN3O/c1-7-13-16-20-24(12-6)31-28-30-22-26(29-23(17-10-4)19-14-8-2)27(32-28)33-25(18-11-5)21-15-9-3/h7-22,29H,1,3,5-6H2,2,4H3,(H,30,31,32)/b14-8-,16-13-,17-10-,21-15-,23-19+,24-20+,25-18+. The van der Waals surface area contributed by atoms with Crippen molar-refractivity contribution in [1.29, 1.82) is 0 Å². The van der Waals surface area contributed by atoms with Crippen molar-refractivity contribution in [2.75, 3.05) is 5.32 Å². The summed E-state index contributed by atoms with van der Waals surface area (Å²) in [5.74, 6) is 1.41. The lowest BCUT2D eigenvalue weighted by atomic mass is 9.63. The molecule has 0 atom stereocenters. The lowest BCUT2D eigenvalue weighted by Gasteiger charge is -2.13. The van der Waals surface area contributed by atoms with Gasteiger partial charge in [0.15, 0.2) is 0 Å². The molecule has 0 bridgehead atoms. The van der Waals surface area contributed by atoms with Crippen LogP contribution < -0.4 is 15.5 Å². The summed E-state index contributed by atoms with van der Waals surface area (Å²) < 4.78 is 6.15. The minimum absolute atomic E-state index is 0.391. The molecule has 168 valence electrons. The molecule has 33 heavy (non-hydrogen) atoms. The highest BCUT2D eigenvalue weighted by atomic mass is 16.5. The largest absolute Gasteiger partial charge is 0.439 e. The molecule has 0 unspecified atom stereocenters. The van der Waals surface area contributed by atoms with Gasteiger partial charge in [-0.05, 0) is 38.2 Å². The summed E-state index contributed by atoms with van der Waals surface area (Å²) >= 11 is 0. The Labute approximate surface area is 199 Å². The molecule has 0 saturated carbocycles. The lowest BCUT2D eigenvalue weighted by molar-refractivity contribution is 0.430. The maximum atomic E-state index is 6.15. The Morgan fingerprint density at radius 1 is 0.909 bits per heavy atom. The molecule has 5 heteroatoms. The van der Waals surface area contributed by atoms with Crippen molar-refractivity contribution in [3.05, 3.63) is 141 Å². The summed E-state index contributed by atoms with van der Waals surface area (Å²) in [6.45, 7) is 18.9. The van der Waals surface area contributed by atoms with Gasteiger partial charge in [0.25, 0.3) is 0 Å². The van der Waals surface area contributed by atoms with Crippen LogP contribution in [0.15, 0.2) is 141 Å². The summed E-state index contributed by atoms with van der Waals surface area (Å²) in [5, 5.41) is 3.16. The molecule has 0 saturated heterocycles. The van der Waals surface area contributed by atoms with Crippen molar-refractivity contribution in [3.8, 4) is 5.88 Å². The van der Waals surface area contributed by atoms with Crippen LogP contribution in [0.25, 0.3) is 0 Å². The number of allylic oxidation sites excluding steroid dienone is 16. The first kappa shape index (κ1) is 26.9. The van der Waals surface area contributed by atoms with Crippen molar-refractivity contribution in [2.24, 2.45) is 0 Å². The highest BCUT2D eigenvalue weighted by molar-refractivity contribution is 6.62. The van der Waals surface area contributed by atoms with Crippen LogP contribution in [0.3, 0.4) is 0 Å². The molecule has 0 amide bonds. The Morgan fingerprint density at radius 2 is 1.70 bits per heavy atom. The molecule has 0 fully saturated rings. The first-order chi connectivity index (χ1) is 16.1. The third kappa shape index (κ3) is 10.6. The number of hydrogen-bond acceptors (Lipinski definition) is 4. The van der Waals surface area contributed by atoms with Gasteiger partial charge in [-0.25, -0.2) is 4.98 Å². The fraction of sp³-hybridized carbons (Fsp3) is 0.0714. The number of nitrogens with zero attached hydrogens (tertiary/aromatic N) is 2. The lowest BCUT2D eigenvalue weighted by Crippen LogP contribution is -2.22. The molecule has 1 aromatic heterocycles. The zero-order valence-electron chi connectivity index (χ0n) is 19.6. The van der Waals surface area contributed by atoms with E-state index in [9.17, 15) is 0 Å². The van der Waals surface area contributed by atoms with Crippen LogP contribution in [0.2, 0.25) is 0 Å². The maximum absolute atomic E-state index is 6.15. The van der Waals surface area contributed by atoms with E-state index in [1.165, 1.54) is 0 Å². The maximum Gasteiger partial charge on any atom is 0.230 e. The average molecular weight is 437 g/mol. The summed E-state index contributed by atoms with van der Waals surface area (Å²) in [6.07, 6.45) is 29.4. The molecule has 0 aliphatic heterocycles. The van der Waals surface area contributed by atoms with Crippen molar-refractivity contribution < 1.29 is 4.74 Å². The number of ether oxygens (including phenoxy) is 1. The second kappa shape index (κ2) is 16.6. The van der Waals surface area contributed by atoms with E-state index in [0.717, 1.165) is 16.6 Å². The van der Waals surface area contributed by atoms with Gasteiger partial charge in [-0.15, -0.1) is 0 Å². The van der Waals surface area contributed by atoms with E-state index in [0.29, 0.717) is 24.9 Å². The van der Waals surface area contributed by atoms with Crippen molar-refractivity contribution in [2.45, 2.75) is 13.8 Å². The monoisotopic (exact) mass is 437 g/mol. The van der Waals surface area contributed by atoms with Crippen molar-refractivity contribution in [3.63, 3.8) is 0 Å². The Bertz CT molecular complexity index is 1040. The summed E-state index contributed by atoms with van der Waals surface area (Å²) in [5.41, 5.74) is 2.68. The van der Waals surface area contributed by atoms with Crippen LogP contribution in [-0.2, 0) is 0 Å². The topological polar surface area (TPSA) is 47.0 Å². The summed E-state index contributed by atoms with van der Waals surface area (Å²) in [6, 6.07) is 0. The van der Waals surface area contributed by atoms with Crippen LogP contribution in [-0.4, -0.2) is 17.2 Å². The van der Waals surface area contributed by atoms with Gasteiger partial charge in [-0.3, -0.25) is 0 Å². The molecule has 1 N–H and O–H groups in total. The normalized spacial score (nSPS) is 13.1. The fourth-order valence-corrected chi connectivity index (χ4v) is 2.53. The fourth-order valence-electron chi connectivity index (χ4n) is 2.53. The molecule has 1 rings (SSSR count). The predicted molar refractivity (Wildman–Crippen MR) is 146 cm³/mol. The predicted octanol–water partition coefficient (Wildman–Crippen LogP) is 5.99. The minimum atomic E-state index is 0.391. The van der Waals surface area contributed by atoms with E-state index >= 15 is 0 Å². The van der Waals surface area contributed by atoms with E-state index in [2.05, 4.69) is 53.8 Å². The molecule has 0 aliphatic carbocycles. The van der Waals surface area contributed by atoms with Gasteiger partial charge >= 0.3 is 0 Å². The molecule has 0 radical (unpaired) electrons. The Hall–Kier alpha value is -4.12. The van der Waals surface area contributed by atoms with Gasteiger partial charge < -0.3 is 10.1 Å². The molecular formula is C28H32BN3O. The molecule has 1 aromatic rings. The van der Waals surface area contributed by atoms with E-state index < -0.39 is 0 Å². The van der Waals surface area contributed by atoms with Gasteiger partial charge in [0.2, 0.25) is 19.1 Å². The first-order valence-electron chi connectivity index (χ1n) is 10.6. The number of nitrogens with one attached hydrogen (secondary N) is 1. The van der Waals surface area contributed by atoms with Crippen LogP contribution in [0, 0.1) is 0 Å². The summed E-state index contributed by atoms with van der Waals surface area (Å²) in [7, 11) is 0.600. The first-order valence-corrected chi connectivity index (χ1v) is 10.6. The van der Waals surface area contributed by atoms with Gasteiger partial charge in [-0.2, -0.15) is 4.98 Å². The highest BCUT2D eigenvalue weighted by Crippen LogP contribution is 2.14. The van der Waals surface area contributed by atoms with Gasteiger partial charge in [-0.1, -0.05) is 98.6 Å². The Kier molecular flexibility index (Phi) is 13.5. The number of rotatable bonds is 14. The Balaban J connectivity index is 3.45. The highest BCUT2D eigenvalue weighted by Gasteiger charge is 2.13. The van der Waals surface area contributed by atoms with Crippen molar-refractivity contribution >= 4 is 18.7 Å². The third-order valence-corrected chi connectivity index (χ3v) is 4.00. The van der Waals surface area contributed by atoms with E-state index in [4.69, 9.17) is 4.74 Å². The average Bonchev–Trinajstić information content (AvgIpc) is 2.82. The molecular weight excluding hydrogens is 405 g/mol. The quantitative estimate of drug-likeness (QED) is 0.221.